The predicted octanol–water partition coefficient (Wildman–Crippen LogP) is 3.42. The van der Waals surface area contributed by atoms with E-state index in [2.05, 4.69) is 15.6 Å². The zero-order valence-electron chi connectivity index (χ0n) is 15.3. The summed E-state index contributed by atoms with van der Waals surface area (Å²) in [6.45, 7) is 1.60. The van der Waals surface area contributed by atoms with Crippen molar-refractivity contribution in [2.45, 2.75) is 19.3 Å². The Hall–Kier alpha value is -3.03. The fourth-order valence-electron chi connectivity index (χ4n) is 3.19. The van der Waals surface area contributed by atoms with Crippen molar-refractivity contribution in [3.05, 3.63) is 59.9 Å². The number of pyridine rings is 1. The molecule has 0 saturated carbocycles. The van der Waals surface area contributed by atoms with Gasteiger partial charge in [-0.1, -0.05) is 6.07 Å². The summed E-state index contributed by atoms with van der Waals surface area (Å²) in [7, 11) is 0. The molecule has 28 heavy (non-hydrogen) atoms. The van der Waals surface area contributed by atoms with Crippen molar-refractivity contribution in [2.24, 2.45) is 5.92 Å². The lowest BCUT2D eigenvalue weighted by atomic mass is 9.93. The largest absolute Gasteiger partial charge is 0.351 e. The van der Waals surface area contributed by atoms with Gasteiger partial charge in [0, 0.05) is 31.9 Å². The van der Waals surface area contributed by atoms with Crippen LogP contribution in [0.4, 0.5) is 19.3 Å². The average molecular weight is 388 g/mol. The van der Waals surface area contributed by atoms with Crippen molar-refractivity contribution >= 4 is 17.6 Å². The second-order valence-corrected chi connectivity index (χ2v) is 6.74. The van der Waals surface area contributed by atoms with E-state index in [1.807, 2.05) is 0 Å². The highest BCUT2D eigenvalue weighted by Gasteiger charge is 2.23. The van der Waals surface area contributed by atoms with Gasteiger partial charge in [-0.3, -0.25) is 9.78 Å². The zero-order chi connectivity index (χ0) is 19.9. The monoisotopic (exact) mass is 388 g/mol. The van der Waals surface area contributed by atoms with Crippen LogP contribution < -0.4 is 10.6 Å². The molecule has 2 aromatic rings. The van der Waals surface area contributed by atoms with Gasteiger partial charge in [0.25, 0.3) is 5.91 Å². The van der Waals surface area contributed by atoms with E-state index in [4.69, 9.17) is 0 Å². The van der Waals surface area contributed by atoms with E-state index >= 15 is 0 Å². The van der Waals surface area contributed by atoms with E-state index in [0.717, 1.165) is 37.5 Å². The van der Waals surface area contributed by atoms with Crippen LogP contribution in [0.1, 0.15) is 29.8 Å². The maximum Gasteiger partial charge on any atom is 0.321 e. The minimum Gasteiger partial charge on any atom is -0.351 e. The van der Waals surface area contributed by atoms with Gasteiger partial charge in [0.1, 0.15) is 17.3 Å². The molecule has 8 heteroatoms. The van der Waals surface area contributed by atoms with Crippen LogP contribution in [0, 0.1) is 17.6 Å². The lowest BCUT2D eigenvalue weighted by molar-refractivity contribution is 0.0944. The molecule has 148 valence electrons. The van der Waals surface area contributed by atoms with Gasteiger partial charge in [0.15, 0.2) is 0 Å². The number of aromatic nitrogens is 1. The number of urea groups is 1. The third-order valence-electron chi connectivity index (χ3n) is 4.81. The summed E-state index contributed by atoms with van der Waals surface area (Å²) in [5.41, 5.74) is 0.225. The van der Waals surface area contributed by atoms with E-state index < -0.39 is 17.7 Å². The standard InChI is InChI=1S/C20H22F2N4O2/c21-15-4-5-16(22)18(13-15)25-20(28)26-11-7-14(8-12-26)6-10-24-19(27)17-3-1-2-9-23-17/h1-5,9,13-14H,6-8,10-12H2,(H,24,27)(H,25,28). The summed E-state index contributed by atoms with van der Waals surface area (Å²) in [6, 6.07) is 7.69. The Labute approximate surface area is 162 Å². The average Bonchev–Trinajstić information content (AvgIpc) is 2.71. The number of likely N-dealkylation sites (tertiary alicyclic amines) is 1. The Bertz CT molecular complexity index is 824. The third-order valence-corrected chi connectivity index (χ3v) is 4.81. The molecule has 0 radical (unpaired) electrons. The molecular formula is C20H22F2N4O2. The van der Waals surface area contributed by atoms with Gasteiger partial charge in [-0.15, -0.1) is 0 Å². The van der Waals surface area contributed by atoms with E-state index in [9.17, 15) is 18.4 Å². The van der Waals surface area contributed by atoms with Gasteiger partial charge in [0.2, 0.25) is 0 Å². The first kappa shape index (κ1) is 19.7. The quantitative estimate of drug-likeness (QED) is 0.824. The fourth-order valence-corrected chi connectivity index (χ4v) is 3.19. The van der Waals surface area contributed by atoms with Gasteiger partial charge >= 0.3 is 6.03 Å². The van der Waals surface area contributed by atoms with Crippen LogP contribution in [0.2, 0.25) is 0 Å². The second-order valence-electron chi connectivity index (χ2n) is 6.74. The van der Waals surface area contributed by atoms with Crippen LogP contribution in [0.15, 0.2) is 42.6 Å². The number of halogens is 2. The number of rotatable bonds is 5. The normalized spacial score (nSPS) is 14.6. The van der Waals surface area contributed by atoms with Crippen molar-refractivity contribution < 1.29 is 18.4 Å². The molecule has 0 bridgehead atoms. The molecule has 2 heterocycles. The highest BCUT2D eigenvalue weighted by Crippen LogP contribution is 2.22. The molecule has 1 aromatic carbocycles. The van der Waals surface area contributed by atoms with Crippen molar-refractivity contribution in [2.75, 3.05) is 25.0 Å². The third kappa shape index (κ3) is 5.25. The number of anilines is 1. The Morgan fingerprint density at radius 2 is 1.93 bits per heavy atom. The van der Waals surface area contributed by atoms with Crippen LogP contribution >= 0.6 is 0 Å². The molecule has 1 fully saturated rings. The number of benzene rings is 1. The van der Waals surface area contributed by atoms with Gasteiger partial charge in [-0.25, -0.2) is 13.6 Å². The summed E-state index contributed by atoms with van der Waals surface area (Å²) in [5, 5.41) is 5.27. The van der Waals surface area contributed by atoms with Crippen LogP contribution in [-0.2, 0) is 0 Å². The number of carbonyl (C=O) groups is 2. The van der Waals surface area contributed by atoms with E-state index in [1.165, 1.54) is 0 Å². The molecule has 0 atom stereocenters. The maximum atomic E-state index is 13.6. The van der Waals surface area contributed by atoms with Gasteiger partial charge in [-0.05, 0) is 49.4 Å². The number of carbonyl (C=O) groups excluding carboxylic acids is 2. The van der Waals surface area contributed by atoms with Crippen LogP contribution in [0.3, 0.4) is 0 Å². The fraction of sp³-hybridized carbons (Fsp3) is 0.350. The van der Waals surface area contributed by atoms with Crippen molar-refractivity contribution in [3.63, 3.8) is 0 Å². The van der Waals surface area contributed by atoms with E-state index in [1.54, 1.807) is 29.3 Å². The van der Waals surface area contributed by atoms with Crippen molar-refractivity contribution in [1.29, 1.82) is 0 Å². The molecule has 1 aliphatic rings. The molecule has 0 unspecified atom stereocenters. The summed E-state index contributed by atoms with van der Waals surface area (Å²) >= 11 is 0. The Morgan fingerprint density at radius 1 is 1.14 bits per heavy atom. The SMILES string of the molecule is O=C(NCCC1CCN(C(=O)Nc2cc(F)ccc2F)CC1)c1ccccn1. The van der Waals surface area contributed by atoms with Gasteiger partial charge in [-0.2, -0.15) is 0 Å². The first-order valence-electron chi connectivity index (χ1n) is 9.23. The minimum absolute atomic E-state index is 0.163. The second kappa shape index (κ2) is 9.25. The van der Waals surface area contributed by atoms with Crippen molar-refractivity contribution in [3.8, 4) is 0 Å². The number of piperidine rings is 1. The highest BCUT2D eigenvalue weighted by molar-refractivity contribution is 5.92. The molecular weight excluding hydrogens is 366 g/mol. The Kier molecular flexibility index (Phi) is 6.52. The lowest BCUT2D eigenvalue weighted by Gasteiger charge is -2.32. The number of hydrogen-bond acceptors (Lipinski definition) is 3. The molecule has 3 amide bonds. The molecule has 0 spiro atoms. The number of hydrogen-bond donors (Lipinski definition) is 2. The zero-order valence-corrected chi connectivity index (χ0v) is 15.3. The number of amides is 3. The smallest absolute Gasteiger partial charge is 0.321 e. The lowest BCUT2D eigenvalue weighted by Crippen LogP contribution is -2.41. The molecule has 1 aliphatic heterocycles. The van der Waals surface area contributed by atoms with Crippen LogP contribution in [0.5, 0.6) is 0 Å². The maximum absolute atomic E-state index is 13.6. The molecule has 6 nitrogen and oxygen atoms in total. The first-order valence-corrected chi connectivity index (χ1v) is 9.23. The minimum atomic E-state index is -0.673. The van der Waals surface area contributed by atoms with E-state index in [0.29, 0.717) is 31.2 Å². The number of nitrogens with one attached hydrogen (secondary N) is 2. The van der Waals surface area contributed by atoms with Crippen LogP contribution in [-0.4, -0.2) is 41.5 Å². The van der Waals surface area contributed by atoms with Crippen LogP contribution in [0.25, 0.3) is 0 Å². The summed E-state index contributed by atoms with van der Waals surface area (Å²) in [6.07, 6.45) is 3.97. The summed E-state index contributed by atoms with van der Waals surface area (Å²) in [4.78, 5) is 29.8. The summed E-state index contributed by atoms with van der Waals surface area (Å²) < 4.78 is 26.9. The molecule has 3 rings (SSSR count). The summed E-state index contributed by atoms with van der Waals surface area (Å²) in [5.74, 6) is -1.09. The molecule has 0 aliphatic carbocycles. The van der Waals surface area contributed by atoms with Crippen molar-refractivity contribution in [1.82, 2.24) is 15.2 Å². The first-order chi connectivity index (χ1) is 13.5. The predicted molar refractivity (Wildman–Crippen MR) is 101 cm³/mol. The van der Waals surface area contributed by atoms with Gasteiger partial charge < -0.3 is 15.5 Å². The molecule has 2 N–H and O–H groups in total. The molecule has 1 aromatic heterocycles. The molecule has 1 saturated heterocycles. The van der Waals surface area contributed by atoms with Gasteiger partial charge in [0.05, 0.1) is 5.69 Å². The number of nitrogens with zero attached hydrogens (tertiary/aromatic N) is 2. The Balaban J connectivity index is 1.40. The van der Waals surface area contributed by atoms with E-state index in [-0.39, 0.29) is 11.6 Å². The highest BCUT2D eigenvalue weighted by atomic mass is 19.1. The Morgan fingerprint density at radius 3 is 2.64 bits per heavy atom. The topological polar surface area (TPSA) is 74.3 Å².